The number of hydrogen-bond donors (Lipinski definition) is 1. The highest BCUT2D eigenvalue weighted by molar-refractivity contribution is 5.97. The van der Waals surface area contributed by atoms with Crippen molar-refractivity contribution in [1.29, 1.82) is 0 Å². The summed E-state index contributed by atoms with van der Waals surface area (Å²) in [5, 5.41) is 3.50. The maximum absolute atomic E-state index is 13.0. The van der Waals surface area contributed by atoms with E-state index in [1.165, 1.54) is 28.9 Å². The molecular weight excluding hydrogens is 351 g/mol. The third-order valence-corrected chi connectivity index (χ3v) is 5.41. The summed E-state index contributed by atoms with van der Waals surface area (Å²) in [5.41, 5.74) is 4.72. The van der Waals surface area contributed by atoms with Gasteiger partial charge in [0.05, 0.1) is 0 Å². The van der Waals surface area contributed by atoms with Gasteiger partial charge in [-0.25, -0.2) is 4.39 Å². The number of piperidine rings is 1. The Morgan fingerprint density at radius 1 is 1.12 bits per heavy atom. The van der Waals surface area contributed by atoms with E-state index in [2.05, 4.69) is 28.4 Å². The number of nitrogens with zero attached hydrogens (tertiary/aromatic N) is 1. The Kier molecular flexibility index (Phi) is 5.94. The normalized spacial score (nSPS) is 17.3. The predicted octanol–water partition coefficient (Wildman–Crippen LogP) is 4.31. The maximum Gasteiger partial charge on any atom is 0.166 e. The van der Waals surface area contributed by atoms with Crippen molar-refractivity contribution in [2.24, 2.45) is 5.92 Å². The van der Waals surface area contributed by atoms with E-state index >= 15 is 0 Å². The average molecular weight is 375 g/mol. The Hall–Kier alpha value is -1.91. The molecule has 2 aromatic rings. The van der Waals surface area contributed by atoms with E-state index in [-0.39, 0.29) is 29.9 Å². The molecule has 0 atom stereocenters. The third kappa shape index (κ3) is 3.92. The van der Waals surface area contributed by atoms with E-state index in [1.807, 2.05) is 0 Å². The Labute approximate surface area is 160 Å². The molecule has 0 amide bonds. The third-order valence-electron chi connectivity index (χ3n) is 5.41. The molecule has 1 N–H and O–H groups in total. The number of nitrogens with one attached hydrogen (secondary N) is 1. The van der Waals surface area contributed by atoms with Crippen LogP contribution in [-0.4, -0.2) is 30.3 Å². The van der Waals surface area contributed by atoms with Crippen molar-refractivity contribution in [3.8, 4) is 0 Å². The number of hydrogen-bond acceptors (Lipinski definition) is 3. The molecule has 1 fully saturated rings. The molecule has 2 heterocycles. The van der Waals surface area contributed by atoms with Crippen molar-refractivity contribution in [3.63, 3.8) is 0 Å². The maximum atomic E-state index is 13.0. The van der Waals surface area contributed by atoms with Gasteiger partial charge in [0.2, 0.25) is 0 Å². The highest BCUT2D eigenvalue weighted by Gasteiger charge is 2.26. The van der Waals surface area contributed by atoms with Crippen LogP contribution in [0.4, 0.5) is 10.1 Å². The van der Waals surface area contributed by atoms with Gasteiger partial charge in [-0.2, -0.15) is 0 Å². The first kappa shape index (κ1) is 18.9. The van der Waals surface area contributed by atoms with Gasteiger partial charge in [-0.1, -0.05) is 18.2 Å². The van der Waals surface area contributed by atoms with Crippen molar-refractivity contribution < 1.29 is 9.18 Å². The quantitative estimate of drug-likeness (QED) is 0.809. The first-order valence-corrected chi connectivity index (χ1v) is 9.07. The number of para-hydroxylation sites is 1. The lowest BCUT2D eigenvalue weighted by Crippen LogP contribution is -2.36. The Balaban J connectivity index is 0.00000196. The molecule has 2 aliphatic rings. The number of halogens is 2. The molecule has 138 valence electrons. The number of ketones is 1. The molecule has 0 saturated carbocycles. The van der Waals surface area contributed by atoms with Crippen LogP contribution in [-0.2, 0) is 13.0 Å². The minimum atomic E-state index is -0.296. The molecule has 2 aromatic carbocycles. The van der Waals surface area contributed by atoms with Crippen LogP contribution in [0.3, 0.4) is 0 Å². The summed E-state index contributed by atoms with van der Waals surface area (Å²) < 4.78 is 13.0. The average Bonchev–Trinajstić information content (AvgIpc) is 3.12. The van der Waals surface area contributed by atoms with Gasteiger partial charge in [0, 0.05) is 30.3 Å². The fraction of sp³-hybridized carbons (Fsp3) is 0.381. The van der Waals surface area contributed by atoms with Gasteiger partial charge in [0.1, 0.15) is 5.82 Å². The van der Waals surface area contributed by atoms with Gasteiger partial charge in [0.15, 0.2) is 5.78 Å². The lowest BCUT2D eigenvalue weighted by Gasteiger charge is -2.31. The van der Waals surface area contributed by atoms with Gasteiger partial charge in [-0.3, -0.25) is 9.69 Å². The van der Waals surface area contributed by atoms with Crippen LogP contribution in [0.2, 0.25) is 0 Å². The first-order chi connectivity index (χ1) is 12.2. The summed E-state index contributed by atoms with van der Waals surface area (Å²) in [4.78, 5) is 15.0. The van der Waals surface area contributed by atoms with Crippen LogP contribution in [0.25, 0.3) is 0 Å². The highest BCUT2D eigenvalue weighted by atomic mass is 35.5. The number of carbonyl (C=O) groups is 1. The van der Waals surface area contributed by atoms with E-state index < -0.39 is 0 Å². The lowest BCUT2D eigenvalue weighted by atomic mass is 9.88. The Bertz CT molecular complexity index is 770. The molecule has 0 bridgehead atoms. The van der Waals surface area contributed by atoms with Crippen molar-refractivity contribution in [1.82, 2.24) is 4.90 Å². The summed E-state index contributed by atoms with van der Waals surface area (Å²) in [6.45, 7) is 3.83. The summed E-state index contributed by atoms with van der Waals surface area (Å²) >= 11 is 0. The fourth-order valence-corrected chi connectivity index (χ4v) is 3.99. The zero-order valence-electron chi connectivity index (χ0n) is 14.7. The van der Waals surface area contributed by atoms with E-state index in [0.29, 0.717) is 5.56 Å². The molecular formula is C21H24ClFN2O. The standard InChI is InChI=1S/C21H23FN2O.ClH/c22-19-6-4-16(5-7-19)21(25)17-9-12-24(13-10-17)14-18-3-1-2-15-8-11-23-20(15)18;/h1-7,17,23H,8-14H2;1H. The minimum Gasteiger partial charge on any atom is -0.384 e. The molecule has 2 aliphatic heterocycles. The van der Waals surface area contributed by atoms with Crippen LogP contribution in [0.5, 0.6) is 0 Å². The van der Waals surface area contributed by atoms with Gasteiger partial charge >= 0.3 is 0 Å². The Morgan fingerprint density at radius 3 is 2.58 bits per heavy atom. The van der Waals surface area contributed by atoms with Crippen LogP contribution < -0.4 is 5.32 Å². The van der Waals surface area contributed by atoms with Crippen LogP contribution in [0.15, 0.2) is 42.5 Å². The summed E-state index contributed by atoms with van der Waals surface area (Å²) in [6, 6.07) is 12.5. The highest BCUT2D eigenvalue weighted by Crippen LogP contribution is 2.29. The zero-order chi connectivity index (χ0) is 17.2. The fourth-order valence-electron chi connectivity index (χ4n) is 3.99. The van der Waals surface area contributed by atoms with Crippen molar-refractivity contribution in [2.45, 2.75) is 25.8 Å². The number of carbonyl (C=O) groups excluding carboxylic acids is 1. The van der Waals surface area contributed by atoms with E-state index in [9.17, 15) is 9.18 Å². The van der Waals surface area contributed by atoms with Crippen LogP contribution in [0.1, 0.15) is 34.3 Å². The molecule has 0 unspecified atom stereocenters. The van der Waals surface area contributed by atoms with Gasteiger partial charge < -0.3 is 5.32 Å². The van der Waals surface area contributed by atoms with E-state index in [1.54, 1.807) is 12.1 Å². The number of benzene rings is 2. The number of Topliss-reactive ketones (excluding diaryl/α,β-unsaturated/α-hetero) is 1. The van der Waals surface area contributed by atoms with Gasteiger partial charge in [0.25, 0.3) is 0 Å². The second-order valence-corrected chi connectivity index (χ2v) is 7.05. The monoisotopic (exact) mass is 374 g/mol. The second kappa shape index (κ2) is 8.19. The SMILES string of the molecule is Cl.O=C(c1ccc(F)cc1)C1CCN(Cc2cccc3c2NCC3)CC1. The first-order valence-electron chi connectivity index (χ1n) is 9.07. The van der Waals surface area contributed by atoms with E-state index in [4.69, 9.17) is 0 Å². The molecule has 1 saturated heterocycles. The molecule has 3 nitrogen and oxygen atoms in total. The summed E-state index contributed by atoms with van der Waals surface area (Å²) in [6.07, 6.45) is 2.86. The Morgan fingerprint density at radius 2 is 1.85 bits per heavy atom. The molecule has 26 heavy (non-hydrogen) atoms. The number of anilines is 1. The minimum absolute atomic E-state index is 0. The number of rotatable bonds is 4. The molecule has 5 heteroatoms. The van der Waals surface area contributed by atoms with Crippen LogP contribution in [0, 0.1) is 11.7 Å². The number of fused-ring (bicyclic) bond motifs is 1. The molecule has 4 rings (SSSR count). The molecule has 0 aliphatic carbocycles. The topological polar surface area (TPSA) is 32.3 Å². The van der Waals surface area contributed by atoms with Crippen molar-refractivity contribution >= 4 is 23.9 Å². The van der Waals surface area contributed by atoms with Crippen LogP contribution >= 0.6 is 12.4 Å². The van der Waals surface area contributed by atoms with Gasteiger partial charge in [-0.15, -0.1) is 12.4 Å². The van der Waals surface area contributed by atoms with Gasteiger partial charge in [-0.05, 0) is 67.7 Å². The predicted molar refractivity (Wildman–Crippen MR) is 105 cm³/mol. The van der Waals surface area contributed by atoms with Crippen molar-refractivity contribution in [2.75, 3.05) is 25.0 Å². The molecule has 0 radical (unpaired) electrons. The summed E-state index contributed by atoms with van der Waals surface area (Å²) in [5.74, 6) is -0.0846. The smallest absolute Gasteiger partial charge is 0.166 e. The second-order valence-electron chi connectivity index (χ2n) is 7.05. The summed E-state index contributed by atoms with van der Waals surface area (Å²) in [7, 11) is 0. The number of likely N-dealkylation sites (tertiary alicyclic amines) is 1. The van der Waals surface area contributed by atoms with E-state index in [0.717, 1.165) is 45.4 Å². The van der Waals surface area contributed by atoms with Crippen molar-refractivity contribution in [3.05, 3.63) is 65.0 Å². The lowest BCUT2D eigenvalue weighted by molar-refractivity contribution is 0.0835. The largest absolute Gasteiger partial charge is 0.384 e. The zero-order valence-corrected chi connectivity index (χ0v) is 15.5. The molecule has 0 spiro atoms. The molecule has 0 aromatic heterocycles.